The highest BCUT2D eigenvalue weighted by Gasteiger charge is 2.06. The molecule has 0 fully saturated rings. The van der Waals surface area contributed by atoms with Crippen LogP contribution in [0.4, 0.5) is 4.39 Å². The Morgan fingerprint density at radius 2 is 2.38 bits per heavy atom. The molecular weight excluding hydrogens is 211 g/mol. The molecule has 0 bridgehead atoms. The summed E-state index contributed by atoms with van der Waals surface area (Å²) in [6.07, 6.45) is 1.12. The summed E-state index contributed by atoms with van der Waals surface area (Å²) in [6.45, 7) is 3.19. The van der Waals surface area contributed by atoms with Crippen LogP contribution in [0.5, 0.6) is 5.88 Å². The van der Waals surface area contributed by atoms with Crippen molar-refractivity contribution in [3.8, 4) is 5.88 Å². The van der Waals surface area contributed by atoms with Gasteiger partial charge in [-0.2, -0.15) is 0 Å². The number of hydrogen-bond acceptors (Lipinski definition) is 4. The van der Waals surface area contributed by atoms with Gasteiger partial charge in [-0.25, -0.2) is 9.37 Å². The fourth-order valence-corrected chi connectivity index (χ4v) is 1.30. The van der Waals surface area contributed by atoms with Gasteiger partial charge in [-0.1, -0.05) is 6.92 Å². The largest absolute Gasteiger partial charge is 0.481 e. The minimum absolute atomic E-state index is 0.130. The minimum atomic E-state index is -0.382. The van der Waals surface area contributed by atoms with Crippen LogP contribution in [0.1, 0.15) is 12.5 Å². The smallest absolute Gasteiger partial charge is 0.217 e. The van der Waals surface area contributed by atoms with E-state index in [1.54, 1.807) is 0 Å². The van der Waals surface area contributed by atoms with E-state index in [1.165, 1.54) is 13.2 Å². The summed E-state index contributed by atoms with van der Waals surface area (Å²) in [4.78, 5) is 3.83. The first-order valence-electron chi connectivity index (χ1n) is 5.17. The maximum Gasteiger partial charge on any atom is 0.217 e. The molecule has 0 aliphatic rings. The molecule has 0 saturated heterocycles. The maximum atomic E-state index is 12.9. The van der Waals surface area contributed by atoms with Gasteiger partial charge in [0.25, 0.3) is 0 Å². The van der Waals surface area contributed by atoms with Crippen LogP contribution >= 0.6 is 0 Å². The summed E-state index contributed by atoms with van der Waals surface area (Å²) in [5.41, 5.74) is 0.674. The molecule has 1 atom stereocenters. The number of halogens is 1. The van der Waals surface area contributed by atoms with Crippen LogP contribution in [0.2, 0.25) is 0 Å². The maximum absolute atomic E-state index is 12.9. The van der Waals surface area contributed by atoms with Crippen molar-refractivity contribution in [1.82, 2.24) is 10.3 Å². The molecule has 1 aromatic heterocycles. The van der Waals surface area contributed by atoms with Gasteiger partial charge in [-0.15, -0.1) is 0 Å². The Balaban J connectivity index is 2.55. The van der Waals surface area contributed by atoms with Crippen molar-refractivity contribution in [2.75, 3.05) is 20.3 Å². The standard InChI is InChI=1S/C11H17FN2O2/c1-8(7-15)4-13-5-9-3-10(12)6-14-11(9)16-2/h3,6,8,13,15H,4-5,7H2,1-2H3/t8-/m0/s1. The van der Waals surface area contributed by atoms with Crippen LogP contribution < -0.4 is 10.1 Å². The van der Waals surface area contributed by atoms with E-state index in [1.807, 2.05) is 6.92 Å². The molecule has 1 heterocycles. The van der Waals surface area contributed by atoms with Gasteiger partial charge in [-0.05, 0) is 12.0 Å². The van der Waals surface area contributed by atoms with Crippen molar-refractivity contribution in [3.63, 3.8) is 0 Å². The normalized spacial score (nSPS) is 12.5. The van der Waals surface area contributed by atoms with Crippen molar-refractivity contribution >= 4 is 0 Å². The van der Waals surface area contributed by atoms with Gasteiger partial charge < -0.3 is 15.2 Å². The number of ether oxygens (including phenoxy) is 1. The number of rotatable bonds is 6. The monoisotopic (exact) mass is 228 g/mol. The van der Waals surface area contributed by atoms with E-state index >= 15 is 0 Å². The highest BCUT2D eigenvalue weighted by atomic mass is 19.1. The Morgan fingerprint density at radius 1 is 1.62 bits per heavy atom. The average molecular weight is 228 g/mol. The van der Waals surface area contributed by atoms with Crippen LogP contribution in [0.3, 0.4) is 0 Å². The molecule has 1 rings (SSSR count). The number of aromatic nitrogens is 1. The number of aliphatic hydroxyl groups is 1. The first-order valence-corrected chi connectivity index (χ1v) is 5.17. The zero-order chi connectivity index (χ0) is 12.0. The predicted octanol–water partition coefficient (Wildman–Crippen LogP) is 0.947. The second-order valence-corrected chi connectivity index (χ2v) is 3.74. The van der Waals surface area contributed by atoms with Crippen LogP contribution in [-0.2, 0) is 6.54 Å². The van der Waals surface area contributed by atoms with Crippen LogP contribution in [0.15, 0.2) is 12.3 Å². The predicted molar refractivity (Wildman–Crippen MR) is 58.7 cm³/mol. The van der Waals surface area contributed by atoms with Gasteiger partial charge in [0.05, 0.1) is 13.3 Å². The molecular formula is C11H17FN2O2. The van der Waals surface area contributed by atoms with Crippen molar-refractivity contribution in [1.29, 1.82) is 0 Å². The van der Waals surface area contributed by atoms with E-state index in [4.69, 9.17) is 9.84 Å². The van der Waals surface area contributed by atoms with Crippen molar-refractivity contribution < 1.29 is 14.2 Å². The van der Waals surface area contributed by atoms with E-state index < -0.39 is 0 Å². The second-order valence-electron chi connectivity index (χ2n) is 3.74. The molecule has 0 spiro atoms. The van der Waals surface area contributed by atoms with Crippen LogP contribution in [0, 0.1) is 11.7 Å². The van der Waals surface area contributed by atoms with Gasteiger partial charge in [0.15, 0.2) is 0 Å². The van der Waals surface area contributed by atoms with Crippen LogP contribution in [-0.4, -0.2) is 30.4 Å². The summed E-state index contributed by atoms with van der Waals surface area (Å²) in [7, 11) is 1.50. The molecule has 0 unspecified atom stereocenters. The summed E-state index contributed by atoms with van der Waals surface area (Å²) >= 11 is 0. The van der Waals surface area contributed by atoms with E-state index in [2.05, 4.69) is 10.3 Å². The van der Waals surface area contributed by atoms with Crippen LogP contribution in [0.25, 0.3) is 0 Å². The summed E-state index contributed by atoms with van der Waals surface area (Å²) in [6, 6.07) is 1.39. The highest BCUT2D eigenvalue weighted by Crippen LogP contribution is 2.15. The number of nitrogens with one attached hydrogen (secondary N) is 1. The van der Waals surface area contributed by atoms with Gasteiger partial charge in [-0.3, -0.25) is 0 Å². The second kappa shape index (κ2) is 6.40. The SMILES string of the molecule is COc1ncc(F)cc1CNC[C@H](C)CO. The molecule has 0 aromatic carbocycles. The van der Waals surface area contributed by atoms with Crippen molar-refractivity contribution in [2.24, 2.45) is 5.92 Å². The summed E-state index contributed by atoms with van der Waals surface area (Å²) in [5, 5.41) is 11.9. The molecule has 2 N–H and O–H groups in total. The number of methoxy groups -OCH3 is 1. The fourth-order valence-electron chi connectivity index (χ4n) is 1.30. The molecule has 0 radical (unpaired) electrons. The lowest BCUT2D eigenvalue weighted by molar-refractivity contribution is 0.233. The Morgan fingerprint density at radius 3 is 3.00 bits per heavy atom. The average Bonchev–Trinajstić information content (AvgIpc) is 2.29. The molecule has 0 amide bonds. The lowest BCUT2D eigenvalue weighted by Crippen LogP contribution is -2.23. The van der Waals surface area contributed by atoms with Gasteiger partial charge in [0.1, 0.15) is 5.82 Å². The quantitative estimate of drug-likeness (QED) is 0.761. The summed E-state index contributed by atoms with van der Waals surface area (Å²) in [5.74, 6) is 0.214. The Labute approximate surface area is 94.5 Å². The molecule has 0 aliphatic heterocycles. The highest BCUT2D eigenvalue weighted by molar-refractivity contribution is 5.25. The molecule has 0 aliphatic carbocycles. The molecule has 5 heteroatoms. The van der Waals surface area contributed by atoms with E-state index in [-0.39, 0.29) is 18.3 Å². The number of pyridine rings is 1. The van der Waals surface area contributed by atoms with Crippen molar-refractivity contribution in [2.45, 2.75) is 13.5 Å². The third-order valence-corrected chi connectivity index (χ3v) is 2.21. The first-order chi connectivity index (χ1) is 7.67. The molecule has 1 aromatic rings. The van der Waals surface area contributed by atoms with E-state index in [0.29, 0.717) is 24.5 Å². The topological polar surface area (TPSA) is 54.4 Å². The fraction of sp³-hybridized carbons (Fsp3) is 0.545. The molecule has 0 saturated carbocycles. The Bertz CT molecular complexity index is 334. The van der Waals surface area contributed by atoms with Gasteiger partial charge >= 0.3 is 0 Å². The number of hydrogen-bond donors (Lipinski definition) is 2. The molecule has 90 valence electrons. The lowest BCUT2D eigenvalue weighted by atomic mass is 10.2. The van der Waals surface area contributed by atoms with E-state index in [0.717, 1.165) is 6.20 Å². The zero-order valence-corrected chi connectivity index (χ0v) is 9.53. The van der Waals surface area contributed by atoms with Gasteiger partial charge in [0, 0.05) is 25.3 Å². The Hall–Kier alpha value is -1.20. The third kappa shape index (κ3) is 3.75. The van der Waals surface area contributed by atoms with E-state index in [9.17, 15) is 4.39 Å². The van der Waals surface area contributed by atoms with Gasteiger partial charge in [0.2, 0.25) is 5.88 Å². The minimum Gasteiger partial charge on any atom is -0.481 e. The molecule has 4 nitrogen and oxygen atoms in total. The lowest BCUT2D eigenvalue weighted by Gasteiger charge is -2.11. The molecule has 16 heavy (non-hydrogen) atoms. The van der Waals surface area contributed by atoms with Crippen molar-refractivity contribution in [3.05, 3.63) is 23.6 Å². The summed E-state index contributed by atoms with van der Waals surface area (Å²) < 4.78 is 18.0. The Kier molecular flexibility index (Phi) is 5.14. The number of aliphatic hydroxyl groups excluding tert-OH is 1. The first kappa shape index (κ1) is 12.9. The third-order valence-electron chi connectivity index (χ3n) is 2.21. The zero-order valence-electron chi connectivity index (χ0n) is 9.53. The number of nitrogens with zero attached hydrogens (tertiary/aromatic N) is 1.